The van der Waals surface area contributed by atoms with E-state index in [-0.39, 0.29) is 18.0 Å². The van der Waals surface area contributed by atoms with Gasteiger partial charge in [0.05, 0.1) is 6.61 Å². The standard InChI is InChI=1S/C11H13N5O2/c1-3-18-11(17)7-6-13-10(14-9(7)12)8-4-5-16(2)15-8/h4-6H,3H2,1-2H3,(H2,12,13,14). The van der Waals surface area contributed by atoms with Crippen LogP contribution < -0.4 is 5.73 Å². The second-order valence-corrected chi connectivity index (χ2v) is 3.59. The van der Waals surface area contributed by atoms with Crippen molar-refractivity contribution in [2.45, 2.75) is 6.92 Å². The lowest BCUT2D eigenvalue weighted by molar-refractivity contribution is 0.0527. The van der Waals surface area contributed by atoms with Crippen LogP contribution in [0.1, 0.15) is 17.3 Å². The van der Waals surface area contributed by atoms with Crippen LogP contribution in [-0.4, -0.2) is 32.3 Å². The van der Waals surface area contributed by atoms with Crippen molar-refractivity contribution in [1.82, 2.24) is 19.7 Å². The molecule has 18 heavy (non-hydrogen) atoms. The van der Waals surface area contributed by atoms with Crippen molar-refractivity contribution >= 4 is 11.8 Å². The minimum absolute atomic E-state index is 0.0871. The van der Waals surface area contributed by atoms with Crippen molar-refractivity contribution in [1.29, 1.82) is 0 Å². The summed E-state index contributed by atoms with van der Waals surface area (Å²) in [6, 6.07) is 1.76. The van der Waals surface area contributed by atoms with E-state index in [9.17, 15) is 4.79 Å². The fourth-order valence-corrected chi connectivity index (χ4v) is 1.42. The van der Waals surface area contributed by atoms with Gasteiger partial charge in [-0.1, -0.05) is 0 Å². The number of anilines is 1. The SMILES string of the molecule is CCOC(=O)c1cnc(-c2ccn(C)n2)nc1N. The van der Waals surface area contributed by atoms with E-state index in [1.165, 1.54) is 6.20 Å². The van der Waals surface area contributed by atoms with E-state index < -0.39 is 5.97 Å². The maximum atomic E-state index is 11.5. The Bertz CT molecular complexity index is 579. The zero-order valence-corrected chi connectivity index (χ0v) is 10.1. The summed E-state index contributed by atoms with van der Waals surface area (Å²) in [4.78, 5) is 19.6. The number of carbonyl (C=O) groups excluding carboxylic acids is 1. The number of nitrogen functional groups attached to an aromatic ring is 1. The number of aromatic nitrogens is 4. The molecule has 0 bridgehead atoms. The molecule has 94 valence electrons. The molecule has 2 heterocycles. The van der Waals surface area contributed by atoms with Gasteiger partial charge in [0, 0.05) is 19.4 Å². The minimum atomic E-state index is -0.525. The molecule has 2 aromatic rings. The molecule has 7 heteroatoms. The highest BCUT2D eigenvalue weighted by Crippen LogP contribution is 2.16. The third-order valence-corrected chi connectivity index (χ3v) is 2.26. The van der Waals surface area contributed by atoms with Crippen molar-refractivity contribution in [2.24, 2.45) is 7.05 Å². The number of ether oxygens (including phenoxy) is 1. The lowest BCUT2D eigenvalue weighted by Gasteiger charge is -2.04. The first-order valence-electron chi connectivity index (χ1n) is 5.41. The molecule has 0 atom stereocenters. The maximum absolute atomic E-state index is 11.5. The number of esters is 1. The Kier molecular flexibility index (Phi) is 3.22. The van der Waals surface area contributed by atoms with Gasteiger partial charge in [-0.05, 0) is 13.0 Å². The molecule has 2 rings (SSSR count). The molecular formula is C11H13N5O2. The summed E-state index contributed by atoms with van der Waals surface area (Å²) in [6.45, 7) is 2.00. The Morgan fingerprint density at radius 1 is 1.56 bits per heavy atom. The third kappa shape index (κ3) is 2.29. The number of aryl methyl sites for hydroxylation is 1. The maximum Gasteiger partial charge on any atom is 0.343 e. The smallest absolute Gasteiger partial charge is 0.343 e. The summed E-state index contributed by atoms with van der Waals surface area (Å²) in [5.74, 6) is -0.0622. The van der Waals surface area contributed by atoms with Crippen LogP contribution in [0, 0.1) is 0 Å². The van der Waals surface area contributed by atoms with Gasteiger partial charge in [-0.25, -0.2) is 14.8 Å². The Labute approximate surface area is 104 Å². The van der Waals surface area contributed by atoms with Crippen molar-refractivity contribution in [3.63, 3.8) is 0 Å². The van der Waals surface area contributed by atoms with E-state index in [0.29, 0.717) is 11.5 Å². The highest BCUT2D eigenvalue weighted by atomic mass is 16.5. The second kappa shape index (κ2) is 4.82. The van der Waals surface area contributed by atoms with Crippen molar-refractivity contribution in [2.75, 3.05) is 12.3 Å². The fraction of sp³-hybridized carbons (Fsp3) is 0.273. The number of nitrogens with two attached hydrogens (primary N) is 1. The van der Waals surface area contributed by atoms with Crippen LogP contribution in [0.4, 0.5) is 5.82 Å². The van der Waals surface area contributed by atoms with Crippen LogP contribution in [0.2, 0.25) is 0 Å². The molecule has 0 spiro atoms. The largest absolute Gasteiger partial charge is 0.462 e. The van der Waals surface area contributed by atoms with Crippen LogP contribution in [0.15, 0.2) is 18.5 Å². The summed E-state index contributed by atoms with van der Waals surface area (Å²) < 4.78 is 6.47. The molecule has 0 saturated heterocycles. The van der Waals surface area contributed by atoms with Crippen molar-refractivity contribution < 1.29 is 9.53 Å². The van der Waals surface area contributed by atoms with Gasteiger partial charge in [0.15, 0.2) is 5.82 Å². The molecule has 2 aromatic heterocycles. The average molecular weight is 247 g/mol. The van der Waals surface area contributed by atoms with Crippen molar-refractivity contribution in [3.05, 3.63) is 24.0 Å². The molecule has 0 saturated carbocycles. The molecule has 0 amide bonds. The summed E-state index contributed by atoms with van der Waals surface area (Å²) in [6.07, 6.45) is 3.12. The molecule has 7 nitrogen and oxygen atoms in total. The quantitative estimate of drug-likeness (QED) is 0.799. The number of hydrogen-bond acceptors (Lipinski definition) is 6. The highest BCUT2D eigenvalue weighted by molar-refractivity contribution is 5.93. The highest BCUT2D eigenvalue weighted by Gasteiger charge is 2.14. The average Bonchev–Trinajstić information content (AvgIpc) is 2.76. The van der Waals surface area contributed by atoms with Crippen molar-refractivity contribution in [3.8, 4) is 11.5 Å². The zero-order chi connectivity index (χ0) is 13.1. The van der Waals surface area contributed by atoms with Gasteiger partial charge >= 0.3 is 5.97 Å². The van der Waals surface area contributed by atoms with E-state index in [1.54, 1.807) is 30.9 Å². The summed E-state index contributed by atoms with van der Waals surface area (Å²) in [5.41, 5.74) is 6.47. The molecule has 2 N–H and O–H groups in total. The van der Waals surface area contributed by atoms with Crippen LogP contribution in [0.3, 0.4) is 0 Å². The first-order valence-corrected chi connectivity index (χ1v) is 5.41. The summed E-state index contributed by atoms with van der Waals surface area (Å²) in [5, 5.41) is 4.15. The molecule has 0 unspecified atom stereocenters. The number of carbonyl (C=O) groups is 1. The van der Waals surface area contributed by atoms with Crippen LogP contribution in [-0.2, 0) is 11.8 Å². The van der Waals surface area contributed by atoms with E-state index in [1.807, 2.05) is 0 Å². The van der Waals surface area contributed by atoms with E-state index in [2.05, 4.69) is 15.1 Å². The zero-order valence-electron chi connectivity index (χ0n) is 10.1. The van der Waals surface area contributed by atoms with Gasteiger partial charge in [0.2, 0.25) is 0 Å². The molecular weight excluding hydrogens is 234 g/mol. The van der Waals surface area contributed by atoms with Gasteiger partial charge in [-0.3, -0.25) is 4.68 Å². The van der Waals surface area contributed by atoms with Crippen LogP contribution in [0.5, 0.6) is 0 Å². The van der Waals surface area contributed by atoms with E-state index in [4.69, 9.17) is 10.5 Å². The van der Waals surface area contributed by atoms with Crippen LogP contribution in [0.25, 0.3) is 11.5 Å². The number of rotatable bonds is 3. The number of hydrogen-bond donors (Lipinski definition) is 1. The fourth-order valence-electron chi connectivity index (χ4n) is 1.42. The molecule has 0 fully saturated rings. The van der Waals surface area contributed by atoms with E-state index >= 15 is 0 Å². The lowest BCUT2D eigenvalue weighted by atomic mass is 10.3. The van der Waals surface area contributed by atoms with Gasteiger partial charge in [-0.15, -0.1) is 0 Å². The summed E-state index contributed by atoms with van der Waals surface area (Å²) >= 11 is 0. The van der Waals surface area contributed by atoms with Crippen LogP contribution >= 0.6 is 0 Å². The first kappa shape index (κ1) is 12.0. The predicted octanol–water partition coefficient (Wildman–Crippen LogP) is 0.636. The molecule has 0 radical (unpaired) electrons. The van der Waals surface area contributed by atoms with E-state index in [0.717, 1.165) is 0 Å². The second-order valence-electron chi connectivity index (χ2n) is 3.59. The number of nitrogens with zero attached hydrogens (tertiary/aromatic N) is 4. The van der Waals surface area contributed by atoms with Gasteiger partial charge in [-0.2, -0.15) is 5.10 Å². The Hall–Kier alpha value is -2.44. The van der Waals surface area contributed by atoms with Gasteiger partial charge in [0.1, 0.15) is 17.1 Å². The third-order valence-electron chi connectivity index (χ3n) is 2.26. The minimum Gasteiger partial charge on any atom is -0.462 e. The Balaban J connectivity index is 2.33. The normalized spacial score (nSPS) is 10.3. The Morgan fingerprint density at radius 3 is 2.89 bits per heavy atom. The van der Waals surface area contributed by atoms with Gasteiger partial charge in [0.25, 0.3) is 0 Å². The van der Waals surface area contributed by atoms with Gasteiger partial charge < -0.3 is 10.5 Å². The monoisotopic (exact) mass is 247 g/mol. The molecule has 0 aliphatic carbocycles. The lowest BCUT2D eigenvalue weighted by Crippen LogP contribution is -2.10. The summed E-state index contributed by atoms with van der Waals surface area (Å²) in [7, 11) is 1.79. The Morgan fingerprint density at radius 2 is 2.33 bits per heavy atom. The predicted molar refractivity (Wildman–Crippen MR) is 64.6 cm³/mol. The first-order chi connectivity index (χ1) is 8.61. The molecule has 0 aliphatic rings. The molecule has 0 aromatic carbocycles. The topological polar surface area (TPSA) is 95.9 Å². The molecule has 0 aliphatic heterocycles.